The number of aromatic nitrogens is 2. The van der Waals surface area contributed by atoms with Crippen molar-refractivity contribution in [2.24, 2.45) is 0 Å². The molecule has 0 saturated carbocycles. The van der Waals surface area contributed by atoms with E-state index in [2.05, 4.69) is 15.3 Å². The van der Waals surface area contributed by atoms with Gasteiger partial charge >= 0.3 is 5.97 Å². The van der Waals surface area contributed by atoms with Crippen LogP contribution in [0.5, 0.6) is 0 Å². The Morgan fingerprint density at radius 3 is 2.90 bits per heavy atom. The van der Waals surface area contributed by atoms with E-state index in [4.69, 9.17) is 4.74 Å². The lowest BCUT2D eigenvalue weighted by Gasteiger charge is -2.19. The lowest BCUT2D eigenvalue weighted by Crippen LogP contribution is -2.31. The van der Waals surface area contributed by atoms with Crippen LogP contribution in [-0.4, -0.2) is 22.5 Å². The Bertz CT molecular complexity index is 596. The quantitative estimate of drug-likeness (QED) is 0.831. The molecule has 0 spiro atoms. The first kappa shape index (κ1) is 15.4. The summed E-state index contributed by atoms with van der Waals surface area (Å²) in [6.45, 7) is 6.42. The van der Waals surface area contributed by atoms with Gasteiger partial charge in [-0.2, -0.15) is 0 Å². The average molecular weight is 305 g/mol. The van der Waals surface area contributed by atoms with Gasteiger partial charge in [-0.3, -0.25) is 9.78 Å². The molecule has 6 heteroatoms. The number of nitrogens with zero attached hydrogens (tertiary/aromatic N) is 2. The molecule has 2 rings (SSSR count). The molecule has 0 aromatic carbocycles. The zero-order valence-corrected chi connectivity index (χ0v) is 13.2. The van der Waals surface area contributed by atoms with Crippen LogP contribution in [0.3, 0.4) is 0 Å². The molecule has 2 aromatic heterocycles. The number of nitrogens with one attached hydrogen (secondary N) is 1. The van der Waals surface area contributed by atoms with Gasteiger partial charge in [0.2, 0.25) is 0 Å². The largest absolute Gasteiger partial charge is 0.465 e. The van der Waals surface area contributed by atoms with Crippen molar-refractivity contribution in [2.75, 3.05) is 11.9 Å². The molecule has 112 valence electrons. The van der Waals surface area contributed by atoms with Crippen LogP contribution in [0.25, 0.3) is 0 Å². The van der Waals surface area contributed by atoms with Crippen molar-refractivity contribution >= 4 is 22.4 Å². The molecule has 2 aromatic rings. The molecule has 0 aliphatic carbocycles. The Hall–Kier alpha value is -1.95. The summed E-state index contributed by atoms with van der Waals surface area (Å²) < 4.78 is 5.09. The number of carbonyl (C=O) groups is 1. The molecule has 0 amide bonds. The van der Waals surface area contributed by atoms with Gasteiger partial charge in [-0.1, -0.05) is 6.07 Å². The fourth-order valence-electron chi connectivity index (χ4n) is 1.73. The van der Waals surface area contributed by atoms with Crippen molar-refractivity contribution in [1.29, 1.82) is 0 Å². The first-order valence-corrected chi connectivity index (χ1v) is 7.69. The lowest BCUT2D eigenvalue weighted by molar-refractivity contribution is -0.148. The predicted molar refractivity (Wildman–Crippen MR) is 83.3 cm³/mol. The van der Waals surface area contributed by atoms with Crippen molar-refractivity contribution in [2.45, 2.75) is 32.7 Å². The molecule has 0 aliphatic heterocycles. The highest BCUT2D eigenvalue weighted by Crippen LogP contribution is 2.28. The number of hydrogen-bond acceptors (Lipinski definition) is 6. The summed E-state index contributed by atoms with van der Waals surface area (Å²) in [4.78, 5) is 20.7. The summed E-state index contributed by atoms with van der Waals surface area (Å²) >= 11 is 1.47. The maximum absolute atomic E-state index is 12.0. The lowest BCUT2D eigenvalue weighted by atomic mass is 9.90. The van der Waals surface area contributed by atoms with Gasteiger partial charge in [-0.25, -0.2) is 4.98 Å². The number of thiazole rings is 1. The van der Waals surface area contributed by atoms with Crippen LogP contribution >= 0.6 is 11.3 Å². The molecular formula is C15H19N3O2S. The smallest absolute Gasteiger partial charge is 0.317 e. The molecule has 0 bridgehead atoms. The molecule has 0 saturated heterocycles. The Morgan fingerprint density at radius 1 is 1.43 bits per heavy atom. The van der Waals surface area contributed by atoms with E-state index in [0.29, 0.717) is 13.2 Å². The van der Waals surface area contributed by atoms with E-state index >= 15 is 0 Å². The number of hydrogen-bond donors (Lipinski definition) is 1. The van der Waals surface area contributed by atoms with Crippen LogP contribution in [0.4, 0.5) is 5.13 Å². The van der Waals surface area contributed by atoms with Gasteiger partial charge in [-0.15, -0.1) is 11.3 Å². The van der Waals surface area contributed by atoms with E-state index in [1.165, 1.54) is 11.3 Å². The number of anilines is 1. The summed E-state index contributed by atoms with van der Waals surface area (Å²) in [5.41, 5.74) is 0.922. The first-order valence-electron chi connectivity index (χ1n) is 6.81. The van der Waals surface area contributed by atoms with Crippen LogP contribution in [0, 0.1) is 0 Å². The molecule has 1 N–H and O–H groups in total. The van der Waals surface area contributed by atoms with Crippen molar-refractivity contribution < 1.29 is 9.53 Å². The maximum atomic E-state index is 12.0. The summed E-state index contributed by atoms with van der Waals surface area (Å²) in [6.07, 6.45) is 1.76. The summed E-state index contributed by atoms with van der Waals surface area (Å²) in [6, 6.07) is 5.78. The highest BCUT2D eigenvalue weighted by molar-refractivity contribution is 7.13. The first-order chi connectivity index (χ1) is 10.0. The normalized spacial score (nSPS) is 11.2. The zero-order chi connectivity index (χ0) is 15.3. The standard InChI is InChI=1S/C15H19N3O2S/c1-4-20-13(19)15(2,3)12-10-21-14(18-12)17-9-11-7-5-6-8-16-11/h5-8,10H,4,9H2,1-3H3,(H,17,18). The maximum Gasteiger partial charge on any atom is 0.317 e. The second-order valence-electron chi connectivity index (χ2n) is 5.06. The fraction of sp³-hybridized carbons (Fsp3) is 0.400. The van der Waals surface area contributed by atoms with E-state index < -0.39 is 5.41 Å². The highest BCUT2D eigenvalue weighted by atomic mass is 32.1. The summed E-state index contributed by atoms with van der Waals surface area (Å²) in [5, 5.41) is 5.88. The third kappa shape index (κ3) is 3.78. The van der Waals surface area contributed by atoms with E-state index in [-0.39, 0.29) is 5.97 Å². The van der Waals surface area contributed by atoms with Gasteiger partial charge in [0.1, 0.15) is 5.41 Å². The Balaban J connectivity index is 2.02. The molecule has 21 heavy (non-hydrogen) atoms. The van der Waals surface area contributed by atoms with Crippen LogP contribution in [0.2, 0.25) is 0 Å². The molecular weight excluding hydrogens is 286 g/mol. The van der Waals surface area contributed by atoms with E-state index in [1.807, 2.05) is 37.4 Å². The van der Waals surface area contributed by atoms with E-state index in [1.54, 1.807) is 13.1 Å². The van der Waals surface area contributed by atoms with Gasteiger partial charge in [0.05, 0.1) is 24.5 Å². The molecule has 5 nitrogen and oxygen atoms in total. The molecule has 0 aliphatic rings. The van der Waals surface area contributed by atoms with Crippen molar-refractivity contribution in [3.63, 3.8) is 0 Å². The van der Waals surface area contributed by atoms with Gasteiger partial charge in [0.15, 0.2) is 5.13 Å². The summed E-state index contributed by atoms with van der Waals surface area (Å²) in [5.74, 6) is -0.258. The van der Waals surface area contributed by atoms with Crippen molar-refractivity contribution in [1.82, 2.24) is 9.97 Å². The highest BCUT2D eigenvalue weighted by Gasteiger charge is 2.33. The second kappa shape index (κ2) is 6.67. The summed E-state index contributed by atoms with van der Waals surface area (Å²) in [7, 11) is 0. The third-order valence-corrected chi connectivity index (χ3v) is 3.88. The number of esters is 1. The third-order valence-electron chi connectivity index (χ3n) is 3.08. The van der Waals surface area contributed by atoms with Gasteiger partial charge < -0.3 is 10.1 Å². The Labute approximate surface area is 128 Å². The number of rotatable bonds is 6. The monoisotopic (exact) mass is 305 g/mol. The number of ether oxygens (including phenoxy) is 1. The number of carbonyl (C=O) groups excluding carboxylic acids is 1. The van der Waals surface area contributed by atoms with Crippen LogP contribution in [-0.2, 0) is 21.5 Å². The van der Waals surface area contributed by atoms with E-state index in [0.717, 1.165) is 16.5 Å². The van der Waals surface area contributed by atoms with Gasteiger partial charge in [0.25, 0.3) is 0 Å². The van der Waals surface area contributed by atoms with Crippen molar-refractivity contribution in [3.8, 4) is 0 Å². The molecule has 0 unspecified atom stereocenters. The predicted octanol–water partition coefficient (Wildman–Crippen LogP) is 2.99. The minimum atomic E-state index is -0.739. The van der Waals surface area contributed by atoms with Gasteiger partial charge in [0, 0.05) is 11.6 Å². The minimum Gasteiger partial charge on any atom is -0.465 e. The van der Waals surface area contributed by atoms with Crippen LogP contribution in [0.1, 0.15) is 32.2 Å². The fourth-order valence-corrected chi connectivity index (χ4v) is 2.60. The molecule has 0 fully saturated rings. The topological polar surface area (TPSA) is 64.1 Å². The Morgan fingerprint density at radius 2 is 2.24 bits per heavy atom. The molecule has 0 atom stereocenters. The minimum absolute atomic E-state index is 0.258. The molecule has 0 radical (unpaired) electrons. The average Bonchev–Trinajstić information content (AvgIpc) is 2.96. The van der Waals surface area contributed by atoms with Crippen LogP contribution < -0.4 is 5.32 Å². The van der Waals surface area contributed by atoms with E-state index in [9.17, 15) is 4.79 Å². The SMILES string of the molecule is CCOC(=O)C(C)(C)c1csc(NCc2ccccn2)n1. The number of pyridine rings is 1. The zero-order valence-electron chi connectivity index (χ0n) is 12.4. The van der Waals surface area contributed by atoms with Crippen molar-refractivity contribution in [3.05, 3.63) is 41.2 Å². The van der Waals surface area contributed by atoms with Crippen LogP contribution in [0.15, 0.2) is 29.8 Å². The van der Waals surface area contributed by atoms with Gasteiger partial charge in [-0.05, 0) is 32.9 Å². The molecule has 2 heterocycles. The Kier molecular flexibility index (Phi) is 4.90. The second-order valence-corrected chi connectivity index (χ2v) is 5.92.